The Bertz CT molecular complexity index is 1410. The fourth-order valence-corrected chi connectivity index (χ4v) is 6.56. The van der Waals surface area contributed by atoms with Gasteiger partial charge in [0.2, 0.25) is 11.8 Å². The van der Waals surface area contributed by atoms with Crippen LogP contribution in [0.3, 0.4) is 0 Å². The maximum absolute atomic E-state index is 14.0. The number of nitrogens with one attached hydrogen (secondary N) is 1. The number of hydrogen-bond donors (Lipinski definition) is 1. The second-order valence-electron chi connectivity index (χ2n) is 9.89. The maximum Gasteiger partial charge on any atom is 0.264 e. The molecule has 1 aliphatic rings. The summed E-state index contributed by atoms with van der Waals surface area (Å²) < 4.78 is 28.8. The number of hydrogen-bond acceptors (Lipinski definition) is 4. The van der Waals surface area contributed by atoms with Gasteiger partial charge in [-0.1, -0.05) is 79.0 Å². The number of anilines is 1. The summed E-state index contributed by atoms with van der Waals surface area (Å²) in [5.74, 6) is -0.776. The minimum absolute atomic E-state index is 0.0603. The fraction of sp³-hybridized carbons (Fsp3) is 0.333. The number of amides is 2. The van der Waals surface area contributed by atoms with E-state index < -0.39 is 28.5 Å². The molecule has 0 unspecified atom stereocenters. The molecule has 1 N–H and O–H groups in total. The van der Waals surface area contributed by atoms with Gasteiger partial charge in [0.15, 0.2) is 0 Å². The highest BCUT2D eigenvalue weighted by atomic mass is 35.5. The van der Waals surface area contributed by atoms with E-state index in [1.165, 1.54) is 17.0 Å². The number of carbonyl (C=O) groups excluding carboxylic acids is 2. The third-order valence-corrected chi connectivity index (χ3v) is 9.30. The van der Waals surface area contributed by atoms with E-state index in [0.717, 1.165) is 30.0 Å². The lowest BCUT2D eigenvalue weighted by molar-refractivity contribution is -0.139. The highest BCUT2D eigenvalue weighted by Crippen LogP contribution is 2.28. The first-order chi connectivity index (χ1) is 18.7. The fourth-order valence-electron chi connectivity index (χ4n) is 4.86. The van der Waals surface area contributed by atoms with Gasteiger partial charge >= 0.3 is 0 Å². The Hall–Kier alpha value is -3.36. The molecular formula is C30H34ClN3O4S. The van der Waals surface area contributed by atoms with E-state index in [0.29, 0.717) is 21.8 Å². The molecule has 1 fully saturated rings. The van der Waals surface area contributed by atoms with E-state index in [1.807, 2.05) is 12.1 Å². The topological polar surface area (TPSA) is 86.8 Å². The molecule has 0 heterocycles. The summed E-state index contributed by atoms with van der Waals surface area (Å²) in [6, 6.07) is 21.4. The first-order valence-corrected chi connectivity index (χ1v) is 15.0. The largest absolute Gasteiger partial charge is 0.352 e. The lowest BCUT2D eigenvalue weighted by Gasteiger charge is -2.33. The van der Waals surface area contributed by atoms with Crippen LogP contribution in [0, 0.1) is 6.92 Å². The predicted molar refractivity (Wildman–Crippen MR) is 154 cm³/mol. The normalized spacial score (nSPS) is 14.5. The van der Waals surface area contributed by atoms with Gasteiger partial charge in [0.05, 0.1) is 10.6 Å². The number of benzene rings is 3. The third kappa shape index (κ3) is 6.81. The lowest BCUT2D eigenvalue weighted by Crippen LogP contribution is -2.52. The van der Waals surface area contributed by atoms with Crippen molar-refractivity contribution < 1.29 is 18.0 Å². The van der Waals surface area contributed by atoms with Gasteiger partial charge in [0.25, 0.3) is 10.0 Å². The van der Waals surface area contributed by atoms with E-state index in [9.17, 15) is 18.0 Å². The van der Waals surface area contributed by atoms with Crippen molar-refractivity contribution in [2.24, 2.45) is 0 Å². The van der Waals surface area contributed by atoms with Crippen LogP contribution in [-0.4, -0.2) is 43.8 Å². The monoisotopic (exact) mass is 567 g/mol. The van der Waals surface area contributed by atoms with Gasteiger partial charge in [-0.15, -0.1) is 0 Å². The molecule has 1 saturated carbocycles. The summed E-state index contributed by atoms with van der Waals surface area (Å²) in [4.78, 5) is 28.8. The Kier molecular flexibility index (Phi) is 9.30. The van der Waals surface area contributed by atoms with E-state index in [4.69, 9.17) is 11.6 Å². The molecule has 1 atom stereocenters. The Morgan fingerprint density at radius 2 is 1.56 bits per heavy atom. The van der Waals surface area contributed by atoms with Crippen LogP contribution < -0.4 is 9.62 Å². The van der Waals surface area contributed by atoms with Gasteiger partial charge in [0, 0.05) is 17.6 Å². The molecule has 2 amide bonds. The Labute approximate surface area is 235 Å². The molecular weight excluding hydrogens is 534 g/mol. The molecule has 4 rings (SSSR count). The van der Waals surface area contributed by atoms with E-state index >= 15 is 0 Å². The van der Waals surface area contributed by atoms with E-state index in [2.05, 4.69) is 5.32 Å². The quantitative estimate of drug-likeness (QED) is 0.359. The molecule has 3 aromatic rings. The van der Waals surface area contributed by atoms with Crippen molar-refractivity contribution in [2.75, 3.05) is 10.8 Å². The number of nitrogens with zero attached hydrogens (tertiary/aromatic N) is 2. The van der Waals surface area contributed by atoms with Crippen LogP contribution in [0.5, 0.6) is 0 Å². The summed E-state index contributed by atoms with van der Waals surface area (Å²) in [6.07, 6.45) is 3.94. The first-order valence-electron chi connectivity index (χ1n) is 13.1. The number of rotatable bonds is 10. The molecule has 9 heteroatoms. The van der Waals surface area contributed by atoms with Gasteiger partial charge in [-0.3, -0.25) is 13.9 Å². The highest BCUT2D eigenvalue weighted by molar-refractivity contribution is 7.92. The molecule has 206 valence electrons. The zero-order valence-corrected chi connectivity index (χ0v) is 23.8. The van der Waals surface area contributed by atoms with Gasteiger partial charge < -0.3 is 10.2 Å². The van der Waals surface area contributed by atoms with Crippen molar-refractivity contribution >= 4 is 39.1 Å². The van der Waals surface area contributed by atoms with Gasteiger partial charge in [-0.25, -0.2) is 8.42 Å². The Morgan fingerprint density at radius 1 is 0.949 bits per heavy atom. The van der Waals surface area contributed by atoms with Crippen molar-refractivity contribution in [3.8, 4) is 0 Å². The molecule has 0 bridgehead atoms. The minimum Gasteiger partial charge on any atom is -0.352 e. The molecule has 1 aliphatic carbocycles. The standard InChI is InChI=1S/C30H34ClN3O4S/c1-22-12-6-11-19-28(22)34(39(37,38)26-16-4-3-5-17-26)21-29(35)33(20-24-13-7-10-18-27(24)31)23(2)30(36)32-25-14-8-9-15-25/h3-7,10-13,16-19,23,25H,8-9,14-15,20-21H2,1-2H3,(H,32,36)/t23-/m0/s1. The Morgan fingerprint density at radius 3 is 2.23 bits per heavy atom. The first kappa shape index (κ1) is 28.6. The molecule has 0 aromatic heterocycles. The molecule has 7 nitrogen and oxygen atoms in total. The second kappa shape index (κ2) is 12.7. The summed E-state index contributed by atoms with van der Waals surface area (Å²) in [7, 11) is -4.09. The molecule has 0 spiro atoms. The molecule has 0 saturated heterocycles. The summed E-state index contributed by atoms with van der Waals surface area (Å²) >= 11 is 6.42. The van der Waals surface area contributed by atoms with Crippen molar-refractivity contribution in [1.82, 2.24) is 10.2 Å². The van der Waals surface area contributed by atoms with Crippen molar-refractivity contribution in [3.63, 3.8) is 0 Å². The van der Waals surface area contributed by atoms with Gasteiger partial charge in [-0.05, 0) is 62.1 Å². The number of sulfonamides is 1. The van der Waals surface area contributed by atoms with Crippen LogP contribution in [0.15, 0.2) is 83.8 Å². The van der Waals surface area contributed by atoms with Crippen molar-refractivity contribution in [1.29, 1.82) is 0 Å². The predicted octanol–water partition coefficient (Wildman–Crippen LogP) is 5.32. The molecule has 3 aromatic carbocycles. The van der Waals surface area contributed by atoms with E-state index in [-0.39, 0.29) is 23.4 Å². The SMILES string of the molecule is Cc1ccccc1N(CC(=O)N(Cc1ccccc1Cl)[C@@H](C)C(=O)NC1CCCC1)S(=O)(=O)c1ccccc1. The van der Waals surface area contributed by atoms with Crippen LogP contribution in [0.4, 0.5) is 5.69 Å². The highest BCUT2D eigenvalue weighted by Gasteiger charge is 2.34. The summed E-state index contributed by atoms with van der Waals surface area (Å²) in [6.45, 7) is 3.05. The third-order valence-electron chi connectivity index (χ3n) is 7.16. The van der Waals surface area contributed by atoms with Crippen LogP contribution in [0.25, 0.3) is 0 Å². The van der Waals surface area contributed by atoms with Crippen LogP contribution in [0.2, 0.25) is 5.02 Å². The number of para-hydroxylation sites is 1. The molecule has 39 heavy (non-hydrogen) atoms. The van der Waals surface area contributed by atoms with Gasteiger partial charge in [-0.2, -0.15) is 0 Å². The van der Waals surface area contributed by atoms with Gasteiger partial charge in [0.1, 0.15) is 12.6 Å². The smallest absolute Gasteiger partial charge is 0.264 e. The zero-order valence-electron chi connectivity index (χ0n) is 22.2. The Balaban J connectivity index is 1.69. The zero-order chi connectivity index (χ0) is 28.0. The summed E-state index contributed by atoms with van der Waals surface area (Å²) in [5.41, 5.74) is 1.77. The van der Waals surface area contributed by atoms with E-state index in [1.54, 1.807) is 68.4 Å². The average Bonchev–Trinajstić information content (AvgIpc) is 3.45. The van der Waals surface area contributed by atoms with Crippen LogP contribution >= 0.6 is 11.6 Å². The van der Waals surface area contributed by atoms with Crippen LogP contribution in [0.1, 0.15) is 43.7 Å². The second-order valence-corrected chi connectivity index (χ2v) is 12.2. The molecule has 0 aliphatic heterocycles. The molecule has 0 radical (unpaired) electrons. The number of aryl methyl sites for hydroxylation is 1. The lowest BCUT2D eigenvalue weighted by atomic mass is 10.1. The number of halogens is 1. The van der Waals surface area contributed by atoms with Crippen LogP contribution in [-0.2, 0) is 26.2 Å². The maximum atomic E-state index is 14.0. The van der Waals surface area contributed by atoms with Crippen molar-refractivity contribution in [2.45, 2.75) is 63.1 Å². The minimum atomic E-state index is -4.09. The summed E-state index contributed by atoms with van der Waals surface area (Å²) in [5, 5.41) is 3.53. The van der Waals surface area contributed by atoms with Crippen molar-refractivity contribution in [3.05, 3.63) is 95.0 Å². The average molecular weight is 568 g/mol. The number of carbonyl (C=O) groups is 2.